The maximum atomic E-state index is 13.5. The molecule has 36 heavy (non-hydrogen) atoms. The van der Waals surface area contributed by atoms with Crippen LogP contribution in [0.25, 0.3) is 0 Å². The number of nitrogens with one attached hydrogen (secondary N) is 2. The minimum atomic E-state index is -0.108. The van der Waals surface area contributed by atoms with Crippen LogP contribution in [0.15, 0.2) is 72.8 Å². The largest absolute Gasteiger partial charge is 0.493 e. The number of hydrogen-bond acceptors (Lipinski definition) is 5. The normalized spacial score (nSPS) is 20.5. The van der Waals surface area contributed by atoms with Crippen molar-refractivity contribution in [2.24, 2.45) is 5.92 Å². The molecule has 0 bridgehead atoms. The summed E-state index contributed by atoms with van der Waals surface area (Å²) in [5, 5.41) is 6.91. The van der Waals surface area contributed by atoms with Crippen molar-refractivity contribution >= 4 is 11.6 Å². The van der Waals surface area contributed by atoms with Gasteiger partial charge >= 0.3 is 0 Å². The first kappa shape index (κ1) is 23.8. The monoisotopic (exact) mass is 484 g/mol. The third-order valence-electron chi connectivity index (χ3n) is 7.33. The van der Waals surface area contributed by atoms with Gasteiger partial charge in [-0.2, -0.15) is 0 Å². The molecule has 186 valence electrons. The Bertz CT molecular complexity index is 1260. The first-order chi connectivity index (χ1) is 17.5. The number of ether oxygens (including phenoxy) is 3. The molecule has 3 aromatic carbocycles. The number of rotatable bonds is 7. The van der Waals surface area contributed by atoms with Crippen molar-refractivity contribution in [1.29, 1.82) is 0 Å². The fourth-order valence-electron chi connectivity index (χ4n) is 5.52. The van der Waals surface area contributed by atoms with Gasteiger partial charge in [0.2, 0.25) is 5.75 Å². The van der Waals surface area contributed by atoms with Gasteiger partial charge in [-0.3, -0.25) is 4.79 Å². The fraction of sp³-hybridized carbons (Fsp3) is 0.300. The summed E-state index contributed by atoms with van der Waals surface area (Å²) in [5.41, 5.74) is 4.77. The molecule has 6 nitrogen and oxygen atoms in total. The summed E-state index contributed by atoms with van der Waals surface area (Å²) in [5.74, 6) is 2.22. The molecule has 0 aromatic heterocycles. The van der Waals surface area contributed by atoms with E-state index >= 15 is 0 Å². The molecular weight excluding hydrogens is 452 g/mol. The predicted molar refractivity (Wildman–Crippen MR) is 141 cm³/mol. The van der Waals surface area contributed by atoms with Gasteiger partial charge in [-0.1, -0.05) is 54.6 Å². The maximum Gasteiger partial charge on any atom is 0.253 e. The Morgan fingerprint density at radius 2 is 1.69 bits per heavy atom. The third kappa shape index (κ3) is 4.17. The van der Waals surface area contributed by atoms with Gasteiger partial charge in [0.05, 0.1) is 44.7 Å². The Labute approximate surface area is 212 Å². The number of anilines is 1. The van der Waals surface area contributed by atoms with Gasteiger partial charge in [-0.15, -0.1) is 0 Å². The van der Waals surface area contributed by atoms with Gasteiger partial charge in [-0.05, 0) is 54.2 Å². The minimum absolute atomic E-state index is 0.0355. The summed E-state index contributed by atoms with van der Waals surface area (Å²) in [6.45, 7) is 2.00. The lowest BCUT2D eigenvalue weighted by atomic mass is 9.76. The zero-order valence-corrected chi connectivity index (χ0v) is 21.1. The number of para-hydroxylation sites is 1. The van der Waals surface area contributed by atoms with Gasteiger partial charge in [0, 0.05) is 5.92 Å². The van der Waals surface area contributed by atoms with Gasteiger partial charge < -0.3 is 24.8 Å². The second-order valence-electron chi connectivity index (χ2n) is 9.31. The Hall–Kier alpha value is -3.93. The number of amides is 1. The molecule has 1 aliphatic heterocycles. The lowest BCUT2D eigenvalue weighted by Crippen LogP contribution is -2.33. The third-order valence-corrected chi connectivity index (χ3v) is 7.33. The molecule has 3 aromatic rings. The molecule has 4 atom stereocenters. The number of carbonyl (C=O) groups excluding carboxylic acids is 1. The van der Waals surface area contributed by atoms with E-state index in [0.717, 1.165) is 28.8 Å². The second-order valence-corrected chi connectivity index (χ2v) is 9.31. The van der Waals surface area contributed by atoms with Crippen LogP contribution in [0.4, 0.5) is 5.69 Å². The highest BCUT2D eigenvalue weighted by Crippen LogP contribution is 2.52. The lowest BCUT2D eigenvalue weighted by molar-refractivity contribution is 0.0940. The summed E-state index contributed by atoms with van der Waals surface area (Å²) < 4.78 is 16.8. The SMILES string of the molecule is COc1cc(C2Nc3c(C(=O)NC(C)c4ccccc4)cccc3C3C=CCC32)cc(OC)c1OC. The van der Waals surface area contributed by atoms with E-state index in [1.165, 1.54) is 0 Å². The van der Waals surface area contributed by atoms with Crippen LogP contribution in [-0.2, 0) is 0 Å². The number of fused-ring (bicyclic) bond motifs is 3. The quantitative estimate of drug-likeness (QED) is 0.401. The van der Waals surface area contributed by atoms with Crippen LogP contribution in [0.1, 0.15) is 58.4 Å². The molecule has 0 radical (unpaired) electrons. The zero-order chi connectivity index (χ0) is 25.2. The summed E-state index contributed by atoms with van der Waals surface area (Å²) in [6, 6.07) is 19.8. The Kier molecular flexibility index (Phi) is 6.59. The molecule has 6 heteroatoms. The second kappa shape index (κ2) is 9.97. The van der Waals surface area contributed by atoms with E-state index in [4.69, 9.17) is 14.2 Å². The van der Waals surface area contributed by atoms with Gasteiger partial charge in [0.25, 0.3) is 5.91 Å². The van der Waals surface area contributed by atoms with Gasteiger partial charge in [-0.25, -0.2) is 0 Å². The first-order valence-corrected chi connectivity index (χ1v) is 12.3. The number of hydrogen-bond donors (Lipinski definition) is 2. The van der Waals surface area contributed by atoms with Crippen molar-refractivity contribution in [3.05, 3.63) is 95.1 Å². The van der Waals surface area contributed by atoms with Crippen molar-refractivity contribution in [3.63, 3.8) is 0 Å². The van der Waals surface area contributed by atoms with Crippen molar-refractivity contribution in [2.75, 3.05) is 26.6 Å². The van der Waals surface area contributed by atoms with Crippen LogP contribution in [0.2, 0.25) is 0 Å². The summed E-state index contributed by atoms with van der Waals surface area (Å²) in [6.07, 6.45) is 5.45. The van der Waals surface area contributed by atoms with E-state index in [2.05, 4.69) is 28.9 Å². The summed E-state index contributed by atoms with van der Waals surface area (Å²) in [7, 11) is 4.86. The van der Waals surface area contributed by atoms with E-state index < -0.39 is 0 Å². The molecule has 1 amide bonds. The number of methoxy groups -OCH3 is 3. The van der Waals surface area contributed by atoms with E-state index in [9.17, 15) is 4.79 Å². The molecule has 0 fully saturated rings. The highest BCUT2D eigenvalue weighted by Gasteiger charge is 2.40. The molecular formula is C30H32N2O4. The fourth-order valence-corrected chi connectivity index (χ4v) is 5.52. The van der Waals surface area contributed by atoms with E-state index in [1.807, 2.05) is 61.5 Å². The van der Waals surface area contributed by atoms with Gasteiger partial charge in [0.15, 0.2) is 11.5 Å². The highest BCUT2D eigenvalue weighted by atomic mass is 16.5. The first-order valence-electron chi connectivity index (χ1n) is 12.3. The Morgan fingerprint density at radius 3 is 2.36 bits per heavy atom. The number of benzene rings is 3. The predicted octanol–water partition coefficient (Wildman–Crippen LogP) is 6.03. The van der Waals surface area contributed by atoms with Crippen LogP contribution in [-0.4, -0.2) is 27.2 Å². The van der Waals surface area contributed by atoms with Gasteiger partial charge in [0.1, 0.15) is 0 Å². The van der Waals surface area contributed by atoms with E-state index in [0.29, 0.717) is 28.7 Å². The lowest BCUT2D eigenvalue weighted by Gasteiger charge is -2.38. The van der Waals surface area contributed by atoms with Crippen LogP contribution in [0.3, 0.4) is 0 Å². The van der Waals surface area contributed by atoms with Crippen molar-refractivity contribution in [1.82, 2.24) is 5.32 Å². The van der Waals surface area contributed by atoms with E-state index in [-0.39, 0.29) is 23.9 Å². The molecule has 0 saturated carbocycles. The molecule has 1 aliphatic carbocycles. The maximum absolute atomic E-state index is 13.5. The average molecular weight is 485 g/mol. The highest BCUT2D eigenvalue weighted by molar-refractivity contribution is 6.01. The standard InChI is InChI=1S/C30H32N2O4/c1-18(19-10-6-5-7-11-19)31-30(33)24-15-9-14-23-21-12-8-13-22(21)27(32-28(23)24)20-16-25(34-2)29(36-4)26(17-20)35-3/h5-12,14-18,21-22,27,32H,13H2,1-4H3,(H,31,33). The van der Waals surface area contributed by atoms with Crippen molar-refractivity contribution in [3.8, 4) is 17.2 Å². The molecule has 2 N–H and O–H groups in total. The molecule has 5 rings (SSSR count). The number of carbonyl (C=O) groups is 1. The van der Waals surface area contributed by atoms with Crippen LogP contribution >= 0.6 is 0 Å². The molecule has 0 spiro atoms. The Balaban J connectivity index is 1.52. The molecule has 0 saturated heterocycles. The Morgan fingerprint density at radius 1 is 0.972 bits per heavy atom. The summed E-state index contributed by atoms with van der Waals surface area (Å²) in [4.78, 5) is 13.5. The van der Waals surface area contributed by atoms with Crippen LogP contribution < -0.4 is 24.8 Å². The zero-order valence-electron chi connectivity index (χ0n) is 21.1. The van der Waals surface area contributed by atoms with Crippen LogP contribution in [0, 0.1) is 5.92 Å². The van der Waals surface area contributed by atoms with Crippen LogP contribution in [0.5, 0.6) is 17.2 Å². The molecule has 1 heterocycles. The molecule has 4 unspecified atom stereocenters. The van der Waals surface area contributed by atoms with Crippen molar-refractivity contribution in [2.45, 2.75) is 31.3 Å². The number of allylic oxidation sites excluding steroid dienone is 2. The average Bonchev–Trinajstić information content (AvgIpc) is 3.42. The van der Waals surface area contributed by atoms with Crippen molar-refractivity contribution < 1.29 is 19.0 Å². The minimum Gasteiger partial charge on any atom is -0.493 e. The van der Waals surface area contributed by atoms with E-state index in [1.54, 1.807) is 21.3 Å². The molecule has 2 aliphatic rings. The smallest absolute Gasteiger partial charge is 0.253 e. The summed E-state index contributed by atoms with van der Waals surface area (Å²) >= 11 is 0. The topological polar surface area (TPSA) is 68.8 Å².